The number of aromatic amines is 1. The van der Waals surface area contributed by atoms with Crippen molar-refractivity contribution < 1.29 is 14.4 Å². The second-order valence-electron chi connectivity index (χ2n) is 8.80. The summed E-state index contributed by atoms with van der Waals surface area (Å²) in [6.45, 7) is 3.71. The molecular formula is C23H27N5O3. The van der Waals surface area contributed by atoms with E-state index in [1.165, 1.54) is 17.7 Å². The zero-order valence-electron chi connectivity index (χ0n) is 17.8. The lowest BCUT2D eigenvalue weighted by atomic mass is 9.95. The fourth-order valence-corrected chi connectivity index (χ4v) is 4.48. The smallest absolute Gasteiger partial charge is 0.261 e. The molecule has 2 fully saturated rings. The van der Waals surface area contributed by atoms with Gasteiger partial charge in [0.2, 0.25) is 0 Å². The summed E-state index contributed by atoms with van der Waals surface area (Å²) in [6, 6.07) is 4.88. The van der Waals surface area contributed by atoms with Crippen LogP contribution in [0.3, 0.4) is 0 Å². The highest BCUT2D eigenvalue weighted by Gasteiger charge is 2.36. The van der Waals surface area contributed by atoms with Gasteiger partial charge in [-0.15, -0.1) is 0 Å². The lowest BCUT2D eigenvalue weighted by molar-refractivity contribution is 0.0651. The zero-order valence-corrected chi connectivity index (χ0v) is 17.8. The number of piperidine rings is 1. The van der Waals surface area contributed by atoms with E-state index in [0.29, 0.717) is 42.2 Å². The third kappa shape index (κ3) is 3.64. The number of hydrogen-bond acceptors (Lipinski definition) is 5. The molecule has 5 rings (SSSR count). The van der Waals surface area contributed by atoms with Crippen LogP contribution in [0.2, 0.25) is 0 Å². The number of unbranched alkanes of at least 4 members (excludes halogenated alkanes) is 1. The number of carbonyl (C=O) groups excluding carboxylic acids is 3. The Labute approximate surface area is 181 Å². The number of nitrogens with zero attached hydrogens (tertiary/aromatic N) is 4. The summed E-state index contributed by atoms with van der Waals surface area (Å²) in [5, 5.41) is 7.44. The summed E-state index contributed by atoms with van der Waals surface area (Å²) in [4.78, 5) is 46.0. The normalized spacial score (nSPS) is 19.3. The van der Waals surface area contributed by atoms with Crippen molar-refractivity contribution >= 4 is 17.7 Å². The number of imide groups is 1. The molecule has 8 nitrogen and oxygen atoms in total. The average Bonchev–Trinajstić information content (AvgIpc) is 3.49. The second kappa shape index (κ2) is 7.90. The Hall–Kier alpha value is -3.03. The molecule has 1 aromatic carbocycles. The summed E-state index contributed by atoms with van der Waals surface area (Å²) in [7, 11) is 0. The summed E-state index contributed by atoms with van der Waals surface area (Å²) in [5.74, 6) is 2.03. The molecule has 31 heavy (non-hydrogen) atoms. The highest BCUT2D eigenvalue weighted by molar-refractivity contribution is 6.22. The van der Waals surface area contributed by atoms with Crippen LogP contribution in [-0.2, 0) is 0 Å². The van der Waals surface area contributed by atoms with Gasteiger partial charge in [0.25, 0.3) is 17.7 Å². The van der Waals surface area contributed by atoms with Crippen LogP contribution in [0.1, 0.15) is 100 Å². The molecule has 1 saturated heterocycles. The first kappa shape index (κ1) is 19.9. The molecule has 3 heterocycles. The second-order valence-corrected chi connectivity index (χ2v) is 8.80. The number of likely N-dealkylation sites (tertiary alicyclic amines) is 1. The van der Waals surface area contributed by atoms with Gasteiger partial charge in [-0.1, -0.05) is 13.3 Å². The van der Waals surface area contributed by atoms with Gasteiger partial charge in [-0.05, 0) is 50.3 Å². The highest BCUT2D eigenvalue weighted by Crippen LogP contribution is 2.38. The third-order valence-electron chi connectivity index (χ3n) is 6.58. The molecule has 3 aliphatic rings. The van der Waals surface area contributed by atoms with E-state index >= 15 is 0 Å². The standard InChI is InChI=1S/C23H27N5O3/c1-2-3-10-28-22(30)17-7-6-16(13-18(17)23(28)31)21(29)27-11-8-15(9-12-27)20-24-19(25-26-20)14-4-5-14/h6-7,13-15H,2-5,8-12H2,1H3,(H,24,25,26). The molecule has 1 N–H and O–H groups in total. The highest BCUT2D eigenvalue weighted by atomic mass is 16.2. The Bertz CT molecular complexity index is 1030. The van der Waals surface area contributed by atoms with Crippen molar-refractivity contribution in [2.24, 2.45) is 0 Å². The predicted molar refractivity (Wildman–Crippen MR) is 113 cm³/mol. The van der Waals surface area contributed by atoms with Crippen LogP contribution in [0, 0.1) is 0 Å². The molecule has 0 radical (unpaired) electrons. The number of amides is 3. The van der Waals surface area contributed by atoms with Gasteiger partial charge in [0, 0.05) is 37.0 Å². The Morgan fingerprint density at radius 1 is 1.06 bits per heavy atom. The first-order chi connectivity index (χ1) is 15.1. The van der Waals surface area contributed by atoms with Gasteiger partial charge < -0.3 is 4.90 Å². The quantitative estimate of drug-likeness (QED) is 0.723. The zero-order chi connectivity index (χ0) is 21.5. The summed E-state index contributed by atoms with van der Waals surface area (Å²) in [5.41, 5.74) is 1.20. The predicted octanol–water partition coefficient (Wildman–Crippen LogP) is 3.10. The van der Waals surface area contributed by atoms with E-state index in [-0.39, 0.29) is 23.6 Å². The Morgan fingerprint density at radius 3 is 2.52 bits per heavy atom. The van der Waals surface area contributed by atoms with Crippen LogP contribution in [0.5, 0.6) is 0 Å². The van der Waals surface area contributed by atoms with Gasteiger partial charge in [0.15, 0.2) is 5.82 Å². The number of benzene rings is 1. The Kier molecular flexibility index (Phi) is 5.08. The molecule has 162 valence electrons. The minimum atomic E-state index is -0.293. The summed E-state index contributed by atoms with van der Waals surface area (Å²) in [6.07, 6.45) is 5.70. The van der Waals surface area contributed by atoms with Gasteiger partial charge >= 0.3 is 0 Å². The monoisotopic (exact) mass is 421 g/mol. The van der Waals surface area contributed by atoms with Crippen molar-refractivity contribution in [3.63, 3.8) is 0 Å². The molecule has 3 amide bonds. The summed E-state index contributed by atoms with van der Waals surface area (Å²) >= 11 is 0. The number of carbonyl (C=O) groups is 3. The van der Waals surface area contributed by atoms with E-state index in [0.717, 1.165) is 37.3 Å². The van der Waals surface area contributed by atoms with Crippen molar-refractivity contribution in [3.8, 4) is 0 Å². The fraction of sp³-hybridized carbons (Fsp3) is 0.522. The lowest BCUT2D eigenvalue weighted by Gasteiger charge is -2.31. The number of rotatable bonds is 6. The van der Waals surface area contributed by atoms with Gasteiger partial charge in [0.1, 0.15) is 5.82 Å². The van der Waals surface area contributed by atoms with Crippen LogP contribution in [0.15, 0.2) is 18.2 Å². The van der Waals surface area contributed by atoms with Crippen LogP contribution < -0.4 is 0 Å². The third-order valence-corrected chi connectivity index (χ3v) is 6.58. The fourth-order valence-electron chi connectivity index (χ4n) is 4.48. The molecule has 0 bridgehead atoms. The molecular weight excluding hydrogens is 394 g/mol. The van der Waals surface area contributed by atoms with E-state index in [4.69, 9.17) is 0 Å². The van der Waals surface area contributed by atoms with Gasteiger partial charge in [-0.3, -0.25) is 24.4 Å². The van der Waals surface area contributed by atoms with Crippen LogP contribution in [0.25, 0.3) is 0 Å². The molecule has 1 aromatic heterocycles. The van der Waals surface area contributed by atoms with Gasteiger partial charge in [-0.2, -0.15) is 5.10 Å². The van der Waals surface area contributed by atoms with Gasteiger partial charge in [0.05, 0.1) is 11.1 Å². The first-order valence-corrected chi connectivity index (χ1v) is 11.3. The number of fused-ring (bicyclic) bond motifs is 1. The molecule has 1 saturated carbocycles. The van der Waals surface area contributed by atoms with Crippen LogP contribution in [0.4, 0.5) is 0 Å². The van der Waals surface area contributed by atoms with Gasteiger partial charge in [-0.25, -0.2) is 4.98 Å². The molecule has 2 aromatic rings. The SMILES string of the molecule is CCCCN1C(=O)c2ccc(C(=O)N3CCC(c4nc(C5CC5)n[nH]4)CC3)cc2C1=O. The van der Waals surface area contributed by atoms with Crippen molar-refractivity contribution in [1.29, 1.82) is 0 Å². The van der Waals surface area contributed by atoms with Crippen molar-refractivity contribution in [2.45, 2.75) is 57.3 Å². The maximum atomic E-state index is 13.1. The number of H-pyrrole nitrogens is 1. The minimum absolute atomic E-state index is 0.0928. The number of hydrogen-bond donors (Lipinski definition) is 1. The van der Waals surface area contributed by atoms with E-state index in [1.807, 2.05) is 11.8 Å². The Morgan fingerprint density at radius 2 is 1.81 bits per heavy atom. The van der Waals surface area contributed by atoms with Crippen molar-refractivity contribution in [2.75, 3.05) is 19.6 Å². The van der Waals surface area contributed by atoms with E-state index in [9.17, 15) is 14.4 Å². The van der Waals surface area contributed by atoms with E-state index < -0.39 is 0 Å². The molecule has 0 atom stereocenters. The molecule has 0 spiro atoms. The maximum absolute atomic E-state index is 13.1. The molecule has 8 heteroatoms. The number of nitrogens with one attached hydrogen (secondary N) is 1. The largest absolute Gasteiger partial charge is 0.339 e. The molecule has 2 aliphatic heterocycles. The van der Waals surface area contributed by atoms with E-state index in [2.05, 4.69) is 15.2 Å². The average molecular weight is 422 g/mol. The summed E-state index contributed by atoms with van der Waals surface area (Å²) < 4.78 is 0. The van der Waals surface area contributed by atoms with E-state index in [1.54, 1.807) is 18.2 Å². The Balaban J connectivity index is 1.25. The topological polar surface area (TPSA) is 99.3 Å². The van der Waals surface area contributed by atoms with Crippen molar-refractivity contribution in [3.05, 3.63) is 46.5 Å². The molecule has 1 aliphatic carbocycles. The lowest BCUT2D eigenvalue weighted by Crippen LogP contribution is -2.38. The van der Waals surface area contributed by atoms with Crippen molar-refractivity contribution in [1.82, 2.24) is 25.0 Å². The maximum Gasteiger partial charge on any atom is 0.261 e. The minimum Gasteiger partial charge on any atom is -0.339 e. The molecule has 0 unspecified atom stereocenters. The van der Waals surface area contributed by atoms with Crippen LogP contribution in [-0.4, -0.2) is 62.3 Å². The van der Waals surface area contributed by atoms with Crippen LogP contribution >= 0.6 is 0 Å². The first-order valence-electron chi connectivity index (χ1n) is 11.3. The number of aromatic nitrogens is 3.